The average Bonchev–Trinajstić information content (AvgIpc) is 4.10. The summed E-state index contributed by atoms with van der Waals surface area (Å²) in [5, 5.41) is 0. The van der Waals surface area contributed by atoms with Gasteiger partial charge in [0.25, 0.3) is 0 Å². The van der Waals surface area contributed by atoms with Gasteiger partial charge in [-0.15, -0.1) is 70.8 Å². The van der Waals surface area contributed by atoms with Crippen LogP contribution < -0.4 is 0 Å². The van der Waals surface area contributed by atoms with E-state index in [1.807, 2.05) is 121 Å². The van der Waals surface area contributed by atoms with Crippen LogP contribution in [0.2, 0.25) is 0 Å². The van der Waals surface area contributed by atoms with Gasteiger partial charge in [0.2, 0.25) is 0 Å². The van der Waals surface area contributed by atoms with Gasteiger partial charge in [0.1, 0.15) is 0 Å². The van der Waals surface area contributed by atoms with E-state index in [2.05, 4.69) is 149 Å². The monoisotopic (exact) mass is 816 g/mol. The minimum absolute atomic E-state index is 0. The Morgan fingerprint density at radius 3 is 0.517 bits per heavy atom. The molecule has 8 aromatic rings. The molecule has 1 aliphatic rings. The van der Waals surface area contributed by atoms with E-state index in [4.69, 9.17) is 0 Å². The van der Waals surface area contributed by atoms with Crippen LogP contribution in [0.4, 0.5) is 0 Å². The van der Waals surface area contributed by atoms with Crippen LogP contribution in [0.5, 0.6) is 0 Å². The van der Waals surface area contributed by atoms with Gasteiger partial charge in [0, 0.05) is 43.4 Å². The van der Waals surface area contributed by atoms with Gasteiger partial charge in [-0.05, 0) is 0 Å². The zero-order valence-electron chi connectivity index (χ0n) is 33.8. The number of aryl methyl sites for hydroxylation is 4. The first-order valence-electron chi connectivity index (χ1n) is 19.0. The zero-order valence-corrected chi connectivity index (χ0v) is 36.9. The van der Waals surface area contributed by atoms with Crippen molar-refractivity contribution in [1.29, 1.82) is 0 Å². The number of rotatable bonds is 4. The summed E-state index contributed by atoms with van der Waals surface area (Å²) in [7, 11) is 0. The molecule has 0 aliphatic heterocycles. The van der Waals surface area contributed by atoms with Crippen LogP contribution in [-0.2, 0) is 43.4 Å². The molecule has 1 saturated carbocycles. The third-order valence-electron chi connectivity index (χ3n) is 8.49. The fraction of sp³-hybridized carbons (Fsp3) is 0.0714. The predicted molar refractivity (Wildman–Crippen MR) is 236 cm³/mol. The van der Waals surface area contributed by atoms with Crippen molar-refractivity contribution < 1.29 is 43.4 Å². The van der Waals surface area contributed by atoms with Crippen molar-refractivity contribution in [1.82, 2.24) is 0 Å². The minimum Gasteiger partial charge on any atom is -0.213 e. The molecule has 0 N–H and O–H groups in total. The van der Waals surface area contributed by atoms with Crippen LogP contribution in [0.25, 0.3) is 0 Å². The second-order valence-electron chi connectivity index (χ2n) is 13.3. The molecule has 0 bridgehead atoms. The van der Waals surface area contributed by atoms with E-state index < -0.39 is 0 Å². The Morgan fingerprint density at radius 1 is 0.241 bits per heavy atom. The molecule has 0 heterocycles. The molecule has 0 aromatic heterocycles. The summed E-state index contributed by atoms with van der Waals surface area (Å²) in [5.41, 5.74) is 13.5. The molecular weight excluding hydrogens is 768 g/mol. The van der Waals surface area contributed by atoms with Gasteiger partial charge in [0.05, 0.1) is 0 Å². The summed E-state index contributed by atoms with van der Waals surface area (Å²) in [4.78, 5) is 0. The van der Waals surface area contributed by atoms with Gasteiger partial charge in [-0.3, -0.25) is 0 Å². The summed E-state index contributed by atoms with van der Waals surface area (Å²) in [6, 6.07) is 73.8. The number of allylic oxidation sites excluding steroid dienone is 4. The number of hydrogen-bond acceptors (Lipinski definition) is 0. The maximum absolute atomic E-state index is 3.59. The summed E-state index contributed by atoms with van der Waals surface area (Å²) < 4.78 is 0. The smallest absolute Gasteiger partial charge is 0 e. The number of hydrogen-bond donors (Lipinski definition) is 0. The maximum atomic E-state index is 3.59. The third-order valence-corrected chi connectivity index (χ3v) is 8.49. The van der Waals surface area contributed by atoms with Crippen molar-refractivity contribution in [2.75, 3.05) is 0 Å². The maximum Gasteiger partial charge on any atom is 0 e. The van der Waals surface area contributed by atoms with E-state index in [1.54, 1.807) is 0 Å². The average molecular weight is 817 g/mol. The van der Waals surface area contributed by atoms with Crippen LogP contribution in [0.15, 0.2) is 241 Å². The summed E-state index contributed by atoms with van der Waals surface area (Å²) in [6.07, 6.45) is 14.4. The van der Waals surface area contributed by atoms with Gasteiger partial charge < -0.3 is 0 Å². The molecule has 2 heteroatoms. The van der Waals surface area contributed by atoms with Crippen LogP contribution >= 0.6 is 0 Å². The van der Waals surface area contributed by atoms with Crippen LogP contribution in [0.3, 0.4) is 0 Å². The quantitative estimate of drug-likeness (QED) is 0.123. The second kappa shape index (κ2) is 26.6. The van der Waals surface area contributed by atoms with Crippen molar-refractivity contribution in [2.24, 2.45) is 0 Å². The molecule has 288 valence electrons. The summed E-state index contributed by atoms with van der Waals surface area (Å²) in [6.45, 7) is 8.33. The third kappa shape index (κ3) is 16.6. The fourth-order valence-corrected chi connectivity index (χ4v) is 5.48. The van der Waals surface area contributed by atoms with Crippen LogP contribution in [0, 0.1) is 52.0 Å². The van der Waals surface area contributed by atoms with Crippen molar-refractivity contribution >= 4 is 0 Å². The van der Waals surface area contributed by atoms with Gasteiger partial charge in [-0.1, -0.05) is 100 Å². The Labute approximate surface area is 377 Å². The molecule has 8 aromatic carbocycles. The minimum atomic E-state index is 0. The molecule has 1 aliphatic carbocycles. The molecule has 9 rings (SSSR count). The zero-order chi connectivity index (χ0) is 39.2. The molecular formula is C56H48Ti2-8. The standard InChI is InChI=1S/C32H20.4C6H7.2Ti/c1-5-13-25(14-6-1)21-29-30(22-26-15-7-2-8-16-26)32(24-28-19-11-4-12-20-28)31(29)23-27-17-9-3-10-18-27;4*1-6-4-2-3-5-6;;/h1-20H;4*2-5H,1H3;;/q-4;4*-1;;. The van der Waals surface area contributed by atoms with Crippen molar-refractivity contribution in [3.8, 4) is 0 Å². The van der Waals surface area contributed by atoms with E-state index in [0.29, 0.717) is 0 Å². The summed E-state index contributed by atoms with van der Waals surface area (Å²) >= 11 is 0. The molecule has 1 fully saturated rings. The summed E-state index contributed by atoms with van der Waals surface area (Å²) in [5.74, 6) is 0. The first-order valence-corrected chi connectivity index (χ1v) is 19.0. The molecule has 58 heavy (non-hydrogen) atoms. The van der Waals surface area contributed by atoms with E-state index in [-0.39, 0.29) is 43.4 Å². The van der Waals surface area contributed by atoms with E-state index >= 15 is 0 Å². The SMILES string of the molecule is C[c-]1cccc1.C[c-]1cccc1.C[c-]1cccc1.C[c-]1cccc1.[C-](=C1C(=[C-]c2ccccc2)C(=[C-]c2ccccc2)C1=[C-]c1ccccc1)c1ccccc1.[Ti].[Ti]. The molecule has 0 spiro atoms. The molecule has 0 saturated heterocycles. The van der Waals surface area contributed by atoms with Gasteiger partial charge >= 0.3 is 0 Å². The largest absolute Gasteiger partial charge is 0.213 e. The first kappa shape index (κ1) is 47.0. The molecule has 0 nitrogen and oxygen atoms in total. The first-order chi connectivity index (χ1) is 27.4. The van der Waals surface area contributed by atoms with Crippen molar-refractivity contribution in [3.05, 3.63) is 309 Å². The normalized spacial score (nSPS) is 10.7. The number of benzene rings is 4. The van der Waals surface area contributed by atoms with Crippen molar-refractivity contribution in [3.63, 3.8) is 0 Å². The van der Waals surface area contributed by atoms with Gasteiger partial charge in [0.15, 0.2) is 0 Å². The predicted octanol–water partition coefficient (Wildman–Crippen LogP) is 14.0. The van der Waals surface area contributed by atoms with E-state index in [9.17, 15) is 0 Å². The van der Waals surface area contributed by atoms with Crippen LogP contribution in [0.1, 0.15) is 44.5 Å². The van der Waals surface area contributed by atoms with Crippen LogP contribution in [-0.4, -0.2) is 0 Å². The molecule has 0 radical (unpaired) electrons. The fourth-order valence-electron chi connectivity index (χ4n) is 5.48. The molecule has 0 amide bonds. The van der Waals surface area contributed by atoms with E-state index in [1.165, 1.54) is 22.3 Å². The Hall–Kier alpha value is -5.33. The Kier molecular flexibility index (Phi) is 21.5. The van der Waals surface area contributed by atoms with E-state index in [0.717, 1.165) is 44.5 Å². The van der Waals surface area contributed by atoms with Gasteiger partial charge in [-0.2, -0.15) is 117 Å². The Balaban J connectivity index is 0.000000277. The van der Waals surface area contributed by atoms with Crippen molar-refractivity contribution in [2.45, 2.75) is 27.7 Å². The van der Waals surface area contributed by atoms with Gasteiger partial charge in [-0.25, -0.2) is 48.5 Å². The Morgan fingerprint density at radius 2 is 0.397 bits per heavy atom. The topological polar surface area (TPSA) is 0 Å². The molecule has 0 atom stereocenters. The second-order valence-corrected chi connectivity index (χ2v) is 13.3. The molecule has 0 unspecified atom stereocenters. The Bertz CT molecular complexity index is 1960.